The van der Waals surface area contributed by atoms with E-state index in [2.05, 4.69) is 10.6 Å². The predicted octanol–water partition coefficient (Wildman–Crippen LogP) is 4.55. The minimum Gasteiger partial charge on any atom is -0.490 e. The summed E-state index contributed by atoms with van der Waals surface area (Å²) in [5, 5.41) is 7.29. The summed E-state index contributed by atoms with van der Waals surface area (Å²) in [5.74, 6) is 1.62. The van der Waals surface area contributed by atoms with Crippen molar-refractivity contribution in [1.82, 2.24) is 10.6 Å². The monoisotopic (exact) mass is 406 g/mol. The zero-order valence-electron chi connectivity index (χ0n) is 16.3. The molecule has 0 bridgehead atoms. The van der Waals surface area contributed by atoms with Gasteiger partial charge in [-0.3, -0.25) is 0 Å². The molecule has 0 aliphatic carbocycles. The van der Waals surface area contributed by atoms with E-state index >= 15 is 0 Å². The lowest BCUT2D eigenvalue weighted by Gasteiger charge is -2.23. The molecule has 1 aliphatic heterocycles. The van der Waals surface area contributed by atoms with Gasteiger partial charge in [0.25, 0.3) is 0 Å². The van der Waals surface area contributed by atoms with Crippen molar-refractivity contribution in [2.75, 3.05) is 26.2 Å². The quantitative estimate of drug-likeness (QED) is 0.641. The second kappa shape index (κ2) is 10.6. The van der Waals surface area contributed by atoms with Crippen LogP contribution in [0, 0.1) is 11.7 Å². The molecule has 6 heteroatoms. The van der Waals surface area contributed by atoms with E-state index in [0.29, 0.717) is 28.7 Å². The summed E-state index contributed by atoms with van der Waals surface area (Å²) in [7, 11) is 0. The lowest BCUT2D eigenvalue weighted by Crippen LogP contribution is -2.33. The van der Waals surface area contributed by atoms with Crippen LogP contribution in [0.4, 0.5) is 4.39 Å². The number of hydrogen-bond donors (Lipinski definition) is 2. The molecular weight excluding hydrogens is 379 g/mol. The van der Waals surface area contributed by atoms with Crippen molar-refractivity contribution in [3.05, 3.63) is 58.4 Å². The Bertz CT molecular complexity index is 746. The molecule has 0 amide bonds. The van der Waals surface area contributed by atoms with Crippen LogP contribution in [0.25, 0.3) is 0 Å². The molecule has 1 heterocycles. The third-order valence-electron chi connectivity index (χ3n) is 4.96. The molecule has 3 rings (SSSR count). The molecule has 0 aromatic heterocycles. The van der Waals surface area contributed by atoms with E-state index < -0.39 is 0 Å². The van der Waals surface area contributed by atoms with Crippen LogP contribution in [-0.4, -0.2) is 26.2 Å². The van der Waals surface area contributed by atoms with Crippen molar-refractivity contribution in [2.45, 2.75) is 32.9 Å². The Balaban J connectivity index is 1.60. The zero-order chi connectivity index (χ0) is 19.8. The predicted molar refractivity (Wildman–Crippen MR) is 111 cm³/mol. The molecular formula is C22H28ClFN2O2. The average Bonchev–Trinajstić information content (AvgIpc) is 2.70. The van der Waals surface area contributed by atoms with Crippen LogP contribution in [0.5, 0.6) is 11.5 Å². The van der Waals surface area contributed by atoms with Gasteiger partial charge < -0.3 is 20.1 Å². The standard InChI is InChI=1S/C22H28ClFN2O2/c1-2-27-22-12-17(14-26-13-16-8-10-25-11-9-16)6-7-21(22)28-15-18-19(23)4-3-5-20(18)24/h3-7,12,16,25-26H,2,8-11,13-15H2,1H3. The molecule has 2 N–H and O–H groups in total. The second-order valence-corrected chi connectivity index (χ2v) is 7.43. The number of piperidine rings is 1. The van der Waals surface area contributed by atoms with Gasteiger partial charge >= 0.3 is 0 Å². The van der Waals surface area contributed by atoms with Crippen molar-refractivity contribution in [1.29, 1.82) is 0 Å². The Labute approximate surface area is 171 Å². The molecule has 2 aromatic carbocycles. The number of nitrogens with one attached hydrogen (secondary N) is 2. The van der Waals surface area contributed by atoms with Gasteiger partial charge in [0.15, 0.2) is 11.5 Å². The van der Waals surface area contributed by atoms with E-state index in [1.807, 2.05) is 25.1 Å². The van der Waals surface area contributed by atoms with Gasteiger partial charge in [0.1, 0.15) is 12.4 Å². The van der Waals surface area contributed by atoms with Crippen LogP contribution < -0.4 is 20.1 Å². The highest BCUT2D eigenvalue weighted by Crippen LogP contribution is 2.30. The normalized spacial score (nSPS) is 14.8. The van der Waals surface area contributed by atoms with E-state index in [1.54, 1.807) is 12.1 Å². The number of rotatable bonds is 9. The van der Waals surface area contributed by atoms with Crippen LogP contribution in [0.1, 0.15) is 30.9 Å². The van der Waals surface area contributed by atoms with Crippen LogP contribution in [0.3, 0.4) is 0 Å². The molecule has 1 saturated heterocycles. The van der Waals surface area contributed by atoms with Gasteiger partial charge in [0.2, 0.25) is 0 Å². The highest BCUT2D eigenvalue weighted by atomic mass is 35.5. The molecule has 2 aromatic rings. The van der Waals surface area contributed by atoms with Crippen LogP contribution >= 0.6 is 11.6 Å². The van der Waals surface area contributed by atoms with E-state index in [4.69, 9.17) is 21.1 Å². The summed E-state index contributed by atoms with van der Waals surface area (Å²) in [6.07, 6.45) is 2.45. The minimum atomic E-state index is -0.371. The van der Waals surface area contributed by atoms with Crippen molar-refractivity contribution < 1.29 is 13.9 Å². The maximum Gasteiger partial charge on any atom is 0.161 e. The molecule has 1 aliphatic rings. The van der Waals surface area contributed by atoms with Crippen molar-refractivity contribution in [3.8, 4) is 11.5 Å². The first-order valence-electron chi connectivity index (χ1n) is 9.90. The van der Waals surface area contributed by atoms with Crippen LogP contribution in [0.2, 0.25) is 5.02 Å². The van der Waals surface area contributed by atoms with Crippen LogP contribution in [-0.2, 0) is 13.2 Å². The average molecular weight is 407 g/mol. The summed E-state index contributed by atoms with van der Waals surface area (Å²) in [5.41, 5.74) is 1.48. The Morgan fingerprint density at radius 1 is 1.14 bits per heavy atom. The van der Waals surface area contributed by atoms with E-state index in [9.17, 15) is 4.39 Å². The maximum atomic E-state index is 14.0. The summed E-state index contributed by atoms with van der Waals surface area (Å²) >= 11 is 6.08. The summed E-state index contributed by atoms with van der Waals surface area (Å²) in [6, 6.07) is 10.5. The fourth-order valence-electron chi connectivity index (χ4n) is 3.38. The van der Waals surface area contributed by atoms with Crippen LogP contribution in [0.15, 0.2) is 36.4 Å². The fourth-order valence-corrected chi connectivity index (χ4v) is 3.59. The third kappa shape index (κ3) is 5.84. The third-order valence-corrected chi connectivity index (χ3v) is 5.32. The lowest BCUT2D eigenvalue weighted by atomic mass is 9.98. The van der Waals surface area contributed by atoms with Gasteiger partial charge in [-0.2, -0.15) is 0 Å². The van der Waals surface area contributed by atoms with Crippen molar-refractivity contribution >= 4 is 11.6 Å². The highest BCUT2D eigenvalue weighted by Gasteiger charge is 2.13. The highest BCUT2D eigenvalue weighted by molar-refractivity contribution is 6.31. The van der Waals surface area contributed by atoms with Gasteiger partial charge in [-0.1, -0.05) is 23.7 Å². The molecule has 0 radical (unpaired) electrons. The van der Waals surface area contributed by atoms with Gasteiger partial charge in [-0.15, -0.1) is 0 Å². The van der Waals surface area contributed by atoms with E-state index in [-0.39, 0.29) is 12.4 Å². The number of hydrogen-bond acceptors (Lipinski definition) is 4. The Hall–Kier alpha value is -1.82. The van der Waals surface area contributed by atoms with E-state index in [0.717, 1.165) is 37.7 Å². The minimum absolute atomic E-state index is 0.0545. The molecule has 152 valence electrons. The Kier molecular flexibility index (Phi) is 7.95. The smallest absolute Gasteiger partial charge is 0.161 e. The summed E-state index contributed by atoms with van der Waals surface area (Å²) in [4.78, 5) is 0. The molecule has 0 unspecified atom stereocenters. The number of halogens is 2. The van der Waals surface area contributed by atoms with E-state index in [1.165, 1.54) is 18.9 Å². The molecule has 0 spiro atoms. The molecule has 28 heavy (non-hydrogen) atoms. The number of benzene rings is 2. The summed E-state index contributed by atoms with van der Waals surface area (Å²) < 4.78 is 25.5. The maximum absolute atomic E-state index is 14.0. The molecule has 4 nitrogen and oxygen atoms in total. The SMILES string of the molecule is CCOc1cc(CNCC2CCNCC2)ccc1OCc1c(F)cccc1Cl. The Morgan fingerprint density at radius 2 is 1.96 bits per heavy atom. The fraction of sp³-hybridized carbons (Fsp3) is 0.455. The summed E-state index contributed by atoms with van der Waals surface area (Å²) in [6.45, 7) is 6.54. The van der Waals surface area contributed by atoms with Gasteiger partial charge in [-0.25, -0.2) is 4.39 Å². The van der Waals surface area contributed by atoms with Gasteiger partial charge in [-0.05, 0) is 75.1 Å². The number of ether oxygens (including phenoxy) is 2. The molecule has 0 atom stereocenters. The van der Waals surface area contributed by atoms with Crippen molar-refractivity contribution in [2.24, 2.45) is 5.92 Å². The zero-order valence-corrected chi connectivity index (χ0v) is 17.0. The largest absolute Gasteiger partial charge is 0.490 e. The first kappa shape index (κ1) is 20.9. The molecule has 0 saturated carbocycles. The lowest BCUT2D eigenvalue weighted by molar-refractivity contribution is 0.265. The van der Waals surface area contributed by atoms with Gasteiger partial charge in [0, 0.05) is 12.1 Å². The first-order valence-corrected chi connectivity index (χ1v) is 10.3. The van der Waals surface area contributed by atoms with Gasteiger partial charge in [0.05, 0.1) is 11.6 Å². The Morgan fingerprint density at radius 3 is 2.71 bits per heavy atom. The molecule has 1 fully saturated rings. The first-order chi connectivity index (χ1) is 13.7. The second-order valence-electron chi connectivity index (χ2n) is 7.03. The van der Waals surface area contributed by atoms with Crippen molar-refractivity contribution in [3.63, 3.8) is 0 Å². The topological polar surface area (TPSA) is 42.5 Å².